The molecule has 6 heteroatoms. The Hall–Kier alpha value is -0.810. The largest absolute Gasteiger partial charge is 0.467 e. The molecule has 1 aliphatic carbocycles. The van der Waals surface area contributed by atoms with E-state index in [2.05, 4.69) is 9.72 Å². The van der Waals surface area contributed by atoms with Gasteiger partial charge in [0.25, 0.3) is 5.19 Å². The monoisotopic (exact) mass is 247 g/mol. The van der Waals surface area contributed by atoms with Crippen molar-refractivity contribution in [3.05, 3.63) is 10.0 Å². The zero-order valence-corrected chi connectivity index (χ0v) is 9.73. The van der Waals surface area contributed by atoms with Crippen LogP contribution in [0, 0.1) is 0 Å². The van der Waals surface area contributed by atoms with Crippen LogP contribution in [0.3, 0.4) is 0 Å². The van der Waals surface area contributed by atoms with Crippen molar-refractivity contribution < 1.29 is 14.3 Å². The molecule has 1 fully saturated rings. The van der Waals surface area contributed by atoms with E-state index in [1.807, 2.05) is 0 Å². The van der Waals surface area contributed by atoms with Crippen LogP contribution < -0.4 is 4.74 Å². The molecule has 1 aliphatic rings. The minimum atomic E-state index is -0.471. The van der Waals surface area contributed by atoms with Crippen molar-refractivity contribution >= 4 is 28.9 Å². The van der Waals surface area contributed by atoms with E-state index in [9.17, 15) is 4.79 Å². The zero-order chi connectivity index (χ0) is 10.8. The normalized spacial score (nSPS) is 15.9. The van der Waals surface area contributed by atoms with Gasteiger partial charge < -0.3 is 9.47 Å². The molecule has 0 aliphatic heterocycles. The van der Waals surface area contributed by atoms with E-state index in [-0.39, 0.29) is 11.3 Å². The highest BCUT2D eigenvalue weighted by atomic mass is 35.5. The number of hydrogen-bond acceptors (Lipinski definition) is 5. The first kappa shape index (κ1) is 10.7. The average Bonchev–Trinajstić information content (AvgIpc) is 2.52. The van der Waals surface area contributed by atoms with E-state index in [0.29, 0.717) is 10.1 Å². The third-order valence-corrected chi connectivity index (χ3v) is 3.57. The number of carbonyl (C=O) groups is 1. The SMILES string of the molecule is COC(=O)c1sc(OC2CCC2)nc1Cl. The second-order valence-electron chi connectivity index (χ2n) is 3.26. The number of carbonyl (C=O) groups excluding carboxylic acids is 1. The fourth-order valence-electron chi connectivity index (χ4n) is 1.18. The lowest BCUT2D eigenvalue weighted by atomic mass is 9.96. The predicted octanol–water partition coefficient (Wildman–Crippen LogP) is 2.51. The molecule has 0 aromatic carbocycles. The van der Waals surface area contributed by atoms with E-state index in [1.54, 1.807) is 0 Å². The van der Waals surface area contributed by atoms with Gasteiger partial charge >= 0.3 is 5.97 Å². The first-order chi connectivity index (χ1) is 7.20. The van der Waals surface area contributed by atoms with Gasteiger partial charge in [0, 0.05) is 0 Å². The van der Waals surface area contributed by atoms with Gasteiger partial charge in [-0.25, -0.2) is 4.79 Å². The number of rotatable bonds is 3. The third kappa shape index (κ3) is 2.23. The van der Waals surface area contributed by atoms with Gasteiger partial charge in [0.05, 0.1) is 7.11 Å². The molecule has 1 aromatic heterocycles. The smallest absolute Gasteiger partial charge is 0.351 e. The number of methoxy groups -OCH3 is 1. The fraction of sp³-hybridized carbons (Fsp3) is 0.556. The molecule has 1 saturated carbocycles. The molecule has 4 nitrogen and oxygen atoms in total. The Labute approximate surface area is 96.2 Å². The van der Waals surface area contributed by atoms with Gasteiger partial charge in [0.1, 0.15) is 6.10 Å². The van der Waals surface area contributed by atoms with Gasteiger partial charge in [0.2, 0.25) is 0 Å². The van der Waals surface area contributed by atoms with Crippen molar-refractivity contribution in [3.63, 3.8) is 0 Å². The minimum Gasteiger partial charge on any atom is -0.467 e. The van der Waals surface area contributed by atoms with E-state index in [0.717, 1.165) is 24.2 Å². The lowest BCUT2D eigenvalue weighted by Crippen LogP contribution is -2.24. The quantitative estimate of drug-likeness (QED) is 0.770. The second kappa shape index (κ2) is 4.37. The molecule has 1 heterocycles. The maximum absolute atomic E-state index is 11.2. The van der Waals surface area contributed by atoms with Gasteiger partial charge in [-0.05, 0) is 19.3 Å². The highest BCUT2D eigenvalue weighted by Crippen LogP contribution is 2.32. The van der Waals surface area contributed by atoms with Crippen LogP contribution in [-0.2, 0) is 4.74 Å². The number of nitrogens with zero attached hydrogens (tertiary/aromatic N) is 1. The Morgan fingerprint density at radius 2 is 2.33 bits per heavy atom. The first-order valence-electron chi connectivity index (χ1n) is 4.62. The first-order valence-corrected chi connectivity index (χ1v) is 5.81. The van der Waals surface area contributed by atoms with Crippen LogP contribution in [0.15, 0.2) is 0 Å². The summed E-state index contributed by atoms with van der Waals surface area (Å²) in [6, 6.07) is 0. The Morgan fingerprint density at radius 3 is 2.87 bits per heavy atom. The number of esters is 1. The molecule has 0 atom stereocenters. The van der Waals surface area contributed by atoms with Crippen molar-refractivity contribution in [1.29, 1.82) is 0 Å². The summed E-state index contributed by atoms with van der Waals surface area (Å²) >= 11 is 6.91. The number of hydrogen-bond donors (Lipinski definition) is 0. The summed E-state index contributed by atoms with van der Waals surface area (Å²) in [7, 11) is 1.31. The average molecular weight is 248 g/mol. The van der Waals surface area contributed by atoms with Crippen LogP contribution in [0.5, 0.6) is 5.19 Å². The van der Waals surface area contributed by atoms with Crippen LogP contribution >= 0.6 is 22.9 Å². The van der Waals surface area contributed by atoms with Crippen LogP contribution in [-0.4, -0.2) is 24.2 Å². The molecular weight excluding hydrogens is 238 g/mol. The fourth-order valence-corrected chi connectivity index (χ4v) is 2.30. The Kier molecular flexibility index (Phi) is 3.11. The number of halogens is 1. The molecule has 0 unspecified atom stereocenters. The molecule has 0 amide bonds. The maximum atomic E-state index is 11.2. The highest BCUT2D eigenvalue weighted by molar-refractivity contribution is 7.15. The third-order valence-electron chi connectivity index (χ3n) is 2.26. The molecule has 2 rings (SSSR count). The van der Waals surface area contributed by atoms with Gasteiger partial charge in [-0.1, -0.05) is 22.9 Å². The molecule has 15 heavy (non-hydrogen) atoms. The summed E-state index contributed by atoms with van der Waals surface area (Å²) in [5.41, 5.74) is 0. The summed E-state index contributed by atoms with van der Waals surface area (Å²) in [6.07, 6.45) is 3.51. The summed E-state index contributed by atoms with van der Waals surface area (Å²) in [5.74, 6) is -0.471. The Morgan fingerprint density at radius 1 is 1.60 bits per heavy atom. The van der Waals surface area contributed by atoms with E-state index >= 15 is 0 Å². The van der Waals surface area contributed by atoms with Gasteiger partial charge in [-0.15, -0.1) is 0 Å². The van der Waals surface area contributed by atoms with E-state index in [1.165, 1.54) is 13.5 Å². The van der Waals surface area contributed by atoms with Crippen molar-refractivity contribution in [2.24, 2.45) is 0 Å². The molecule has 0 saturated heterocycles. The minimum absolute atomic E-state index is 0.154. The second-order valence-corrected chi connectivity index (χ2v) is 4.58. The highest BCUT2D eigenvalue weighted by Gasteiger charge is 2.23. The number of ether oxygens (including phenoxy) is 2. The molecule has 0 N–H and O–H groups in total. The Balaban J connectivity index is 2.09. The molecular formula is C9H10ClNO3S. The molecule has 0 radical (unpaired) electrons. The van der Waals surface area contributed by atoms with Gasteiger partial charge in [-0.3, -0.25) is 0 Å². The topological polar surface area (TPSA) is 48.4 Å². The predicted molar refractivity (Wildman–Crippen MR) is 56.7 cm³/mol. The maximum Gasteiger partial charge on any atom is 0.351 e. The summed E-state index contributed by atoms with van der Waals surface area (Å²) in [6.45, 7) is 0. The van der Waals surface area contributed by atoms with Gasteiger partial charge in [-0.2, -0.15) is 4.98 Å². The molecule has 1 aromatic rings. The molecule has 0 bridgehead atoms. The van der Waals surface area contributed by atoms with Crippen LogP contribution in [0.25, 0.3) is 0 Å². The zero-order valence-electron chi connectivity index (χ0n) is 8.16. The van der Waals surface area contributed by atoms with Crippen molar-refractivity contribution in [2.75, 3.05) is 7.11 Å². The van der Waals surface area contributed by atoms with Crippen molar-refractivity contribution in [3.8, 4) is 5.19 Å². The van der Waals surface area contributed by atoms with Crippen LogP contribution in [0.1, 0.15) is 28.9 Å². The van der Waals surface area contributed by atoms with Crippen molar-refractivity contribution in [2.45, 2.75) is 25.4 Å². The van der Waals surface area contributed by atoms with Crippen LogP contribution in [0.2, 0.25) is 5.15 Å². The standard InChI is InChI=1S/C9H10ClNO3S/c1-13-8(12)6-7(10)11-9(15-6)14-5-3-2-4-5/h5H,2-4H2,1H3. The molecule has 0 spiro atoms. The lowest BCUT2D eigenvalue weighted by Gasteiger charge is -2.24. The van der Waals surface area contributed by atoms with Gasteiger partial charge in [0.15, 0.2) is 10.0 Å². The number of thiazole rings is 1. The summed E-state index contributed by atoms with van der Waals surface area (Å²) in [4.78, 5) is 15.5. The summed E-state index contributed by atoms with van der Waals surface area (Å²) < 4.78 is 10.1. The number of aromatic nitrogens is 1. The van der Waals surface area contributed by atoms with Crippen molar-refractivity contribution in [1.82, 2.24) is 4.98 Å². The van der Waals surface area contributed by atoms with E-state index in [4.69, 9.17) is 16.3 Å². The Bertz CT molecular complexity index is 375. The van der Waals surface area contributed by atoms with Crippen LogP contribution in [0.4, 0.5) is 0 Å². The molecule has 82 valence electrons. The van der Waals surface area contributed by atoms with E-state index < -0.39 is 5.97 Å². The lowest BCUT2D eigenvalue weighted by molar-refractivity contribution is 0.0606. The summed E-state index contributed by atoms with van der Waals surface area (Å²) in [5, 5.41) is 0.603.